The van der Waals surface area contributed by atoms with Gasteiger partial charge in [-0.3, -0.25) is 10.1 Å². The number of hydrogen-bond donors (Lipinski definition) is 1. The van der Waals surface area contributed by atoms with Crippen LogP contribution in [-0.2, 0) is 0 Å². The molecule has 0 spiro atoms. The lowest BCUT2D eigenvalue weighted by Crippen LogP contribution is -2.20. The van der Waals surface area contributed by atoms with Gasteiger partial charge in [-0.05, 0) is 23.6 Å². The third-order valence-corrected chi connectivity index (χ3v) is 2.80. The van der Waals surface area contributed by atoms with Gasteiger partial charge in [0, 0.05) is 0 Å². The Hall–Kier alpha value is -2.04. The smallest absolute Gasteiger partial charge is 0.302 e. The van der Waals surface area contributed by atoms with Gasteiger partial charge in [0.2, 0.25) is 0 Å². The molecule has 0 saturated heterocycles. The largest absolute Gasteiger partial charge is 0.486 e. The molecule has 17 heavy (non-hydrogen) atoms. The average Bonchev–Trinajstić information content (AvgIpc) is 2.27. The van der Waals surface area contributed by atoms with Gasteiger partial charge in [0.1, 0.15) is 18.1 Å². The fourth-order valence-electron chi connectivity index (χ4n) is 1.83. The zero-order chi connectivity index (χ0) is 12.6. The Morgan fingerprint density at radius 1 is 1.47 bits per heavy atom. The highest BCUT2D eigenvalue weighted by Gasteiger charge is 2.28. The van der Waals surface area contributed by atoms with Gasteiger partial charge in [0.15, 0.2) is 0 Å². The van der Waals surface area contributed by atoms with Crippen molar-refractivity contribution >= 4 is 5.70 Å². The summed E-state index contributed by atoms with van der Waals surface area (Å²) in [6.07, 6.45) is 0. The molecule has 0 bridgehead atoms. The van der Waals surface area contributed by atoms with Crippen LogP contribution in [0.2, 0.25) is 0 Å². The first-order chi connectivity index (χ1) is 8.00. The molecule has 5 nitrogen and oxygen atoms in total. The molecule has 1 aromatic carbocycles. The van der Waals surface area contributed by atoms with E-state index in [0.717, 1.165) is 5.56 Å². The highest BCUT2D eigenvalue weighted by Crippen LogP contribution is 2.34. The van der Waals surface area contributed by atoms with E-state index in [9.17, 15) is 10.1 Å². The molecule has 1 aliphatic rings. The quantitative estimate of drug-likeness (QED) is 0.627. The molecule has 0 amide bonds. The third kappa shape index (κ3) is 1.95. The van der Waals surface area contributed by atoms with Crippen LogP contribution >= 0.6 is 0 Å². The van der Waals surface area contributed by atoms with Crippen LogP contribution in [0.5, 0.6) is 5.75 Å². The summed E-state index contributed by atoms with van der Waals surface area (Å²) in [7, 11) is 0. The van der Waals surface area contributed by atoms with Crippen LogP contribution in [0.15, 0.2) is 23.9 Å². The van der Waals surface area contributed by atoms with Gasteiger partial charge < -0.3 is 10.5 Å². The third-order valence-electron chi connectivity index (χ3n) is 2.80. The van der Waals surface area contributed by atoms with Crippen molar-refractivity contribution in [3.05, 3.63) is 45.1 Å². The molecule has 1 aromatic rings. The molecule has 0 radical (unpaired) electrons. The number of nitro groups is 1. The zero-order valence-corrected chi connectivity index (χ0v) is 9.77. The summed E-state index contributed by atoms with van der Waals surface area (Å²) in [4.78, 5) is 10.6. The summed E-state index contributed by atoms with van der Waals surface area (Å²) < 4.78 is 5.36. The van der Waals surface area contributed by atoms with E-state index < -0.39 is 4.92 Å². The summed E-state index contributed by atoms with van der Waals surface area (Å²) in [6, 6.07) is 5.47. The number of fused-ring (bicyclic) bond motifs is 1. The number of benzene rings is 1. The molecule has 2 N–H and O–H groups in total. The van der Waals surface area contributed by atoms with Crippen molar-refractivity contribution in [3.8, 4) is 5.75 Å². The molecule has 1 aliphatic heterocycles. The predicted molar refractivity (Wildman–Crippen MR) is 64.1 cm³/mol. The van der Waals surface area contributed by atoms with Gasteiger partial charge in [0.05, 0.1) is 10.5 Å². The Balaban J connectivity index is 2.59. The van der Waals surface area contributed by atoms with Crippen LogP contribution in [0.4, 0.5) is 0 Å². The molecular formula is C12H14N2O3. The van der Waals surface area contributed by atoms with E-state index in [1.807, 2.05) is 19.9 Å². The maximum absolute atomic E-state index is 11.0. The fraction of sp³-hybridized carbons (Fsp3) is 0.333. The molecule has 2 rings (SSSR count). The molecule has 1 heterocycles. The number of hydrogen-bond acceptors (Lipinski definition) is 4. The number of nitrogens with zero attached hydrogens (tertiary/aromatic N) is 1. The fourth-order valence-corrected chi connectivity index (χ4v) is 1.83. The van der Waals surface area contributed by atoms with E-state index in [0.29, 0.717) is 17.2 Å². The van der Waals surface area contributed by atoms with Gasteiger partial charge in [0.25, 0.3) is 0 Å². The monoisotopic (exact) mass is 234 g/mol. The predicted octanol–water partition coefficient (Wildman–Crippen LogP) is 2.11. The van der Waals surface area contributed by atoms with Gasteiger partial charge in [-0.1, -0.05) is 19.9 Å². The molecule has 0 aliphatic carbocycles. The van der Waals surface area contributed by atoms with Crippen LogP contribution in [0.1, 0.15) is 30.9 Å². The normalized spacial score (nSPS) is 14.5. The van der Waals surface area contributed by atoms with E-state index in [-0.39, 0.29) is 18.0 Å². The van der Waals surface area contributed by atoms with Crippen molar-refractivity contribution < 1.29 is 9.66 Å². The first kappa shape index (κ1) is 11.4. The highest BCUT2D eigenvalue weighted by atomic mass is 16.6. The topological polar surface area (TPSA) is 78.4 Å². The van der Waals surface area contributed by atoms with Crippen molar-refractivity contribution in [2.45, 2.75) is 19.8 Å². The molecule has 0 unspecified atom stereocenters. The van der Waals surface area contributed by atoms with E-state index in [2.05, 4.69) is 0 Å². The standard InChI is InChI=1S/C12H14N2O3/c1-7(2)8-3-4-11-9(5-8)12(14(15)16)10(13)6-17-11/h3-5,7H,6,13H2,1-2H3. The second kappa shape index (κ2) is 4.08. The van der Waals surface area contributed by atoms with Crippen LogP contribution in [-0.4, -0.2) is 11.5 Å². The Labute approximate surface area is 99.0 Å². The summed E-state index contributed by atoms with van der Waals surface area (Å²) in [6.45, 7) is 4.14. The van der Waals surface area contributed by atoms with Crippen molar-refractivity contribution in [1.29, 1.82) is 0 Å². The zero-order valence-electron chi connectivity index (χ0n) is 9.77. The van der Waals surface area contributed by atoms with Gasteiger partial charge in [-0.25, -0.2) is 0 Å². The molecule has 0 saturated carbocycles. The van der Waals surface area contributed by atoms with Gasteiger partial charge in [-0.2, -0.15) is 0 Å². The molecule has 0 atom stereocenters. The second-order valence-corrected chi connectivity index (χ2v) is 4.33. The molecular weight excluding hydrogens is 220 g/mol. The first-order valence-electron chi connectivity index (χ1n) is 5.41. The number of nitrogens with two attached hydrogens (primary N) is 1. The number of ether oxygens (including phenoxy) is 1. The van der Waals surface area contributed by atoms with Crippen molar-refractivity contribution in [1.82, 2.24) is 0 Å². The van der Waals surface area contributed by atoms with E-state index in [4.69, 9.17) is 10.5 Å². The van der Waals surface area contributed by atoms with Gasteiger partial charge in [-0.15, -0.1) is 0 Å². The van der Waals surface area contributed by atoms with E-state index >= 15 is 0 Å². The van der Waals surface area contributed by atoms with Crippen LogP contribution in [0.25, 0.3) is 5.70 Å². The maximum Gasteiger partial charge on any atom is 0.302 e. The highest BCUT2D eigenvalue weighted by molar-refractivity contribution is 5.69. The Bertz CT molecular complexity index is 506. The van der Waals surface area contributed by atoms with E-state index in [1.165, 1.54) is 0 Å². The lowest BCUT2D eigenvalue weighted by atomic mass is 9.97. The minimum absolute atomic E-state index is 0.0336. The molecule has 0 fully saturated rings. The van der Waals surface area contributed by atoms with E-state index in [1.54, 1.807) is 12.1 Å². The minimum atomic E-state index is -0.444. The van der Waals surface area contributed by atoms with Crippen molar-refractivity contribution in [2.75, 3.05) is 6.61 Å². The maximum atomic E-state index is 11.0. The summed E-state index contributed by atoms with van der Waals surface area (Å²) in [5, 5.41) is 11.0. The second-order valence-electron chi connectivity index (χ2n) is 4.33. The Morgan fingerprint density at radius 2 is 2.18 bits per heavy atom. The minimum Gasteiger partial charge on any atom is -0.486 e. The van der Waals surface area contributed by atoms with Crippen LogP contribution < -0.4 is 10.5 Å². The molecule has 0 aromatic heterocycles. The first-order valence-corrected chi connectivity index (χ1v) is 5.41. The lowest BCUT2D eigenvalue weighted by molar-refractivity contribution is -0.377. The Kier molecular flexibility index (Phi) is 2.75. The molecule has 5 heteroatoms. The summed E-state index contributed by atoms with van der Waals surface area (Å²) in [5.41, 5.74) is 7.28. The molecule has 90 valence electrons. The summed E-state index contributed by atoms with van der Waals surface area (Å²) >= 11 is 0. The van der Waals surface area contributed by atoms with Crippen molar-refractivity contribution in [2.24, 2.45) is 5.73 Å². The lowest BCUT2D eigenvalue weighted by Gasteiger charge is -2.18. The van der Waals surface area contributed by atoms with Crippen molar-refractivity contribution in [3.63, 3.8) is 0 Å². The number of rotatable bonds is 2. The van der Waals surface area contributed by atoms with Gasteiger partial charge >= 0.3 is 5.70 Å². The van der Waals surface area contributed by atoms with Crippen LogP contribution in [0, 0.1) is 10.1 Å². The summed E-state index contributed by atoms with van der Waals surface area (Å²) in [5.74, 6) is 0.826. The van der Waals surface area contributed by atoms with Crippen LogP contribution in [0.3, 0.4) is 0 Å². The Morgan fingerprint density at radius 3 is 2.76 bits per heavy atom. The average molecular weight is 234 g/mol. The SMILES string of the molecule is CC(C)c1ccc2c(c1)C([N+](=O)[O-])=C(N)CO2.